The fourth-order valence-corrected chi connectivity index (χ4v) is 17.3. The number of fused-ring (bicyclic) bond motifs is 8. The quantitative estimate of drug-likeness (QED) is 0.0959. The lowest BCUT2D eigenvalue weighted by molar-refractivity contribution is 0.784. The van der Waals surface area contributed by atoms with Gasteiger partial charge < -0.3 is 0 Å². The highest BCUT2D eigenvalue weighted by molar-refractivity contribution is 6.04. The molecule has 12 heteroatoms. The molecule has 0 radical (unpaired) electrons. The zero-order chi connectivity index (χ0) is 96.5. The molecule has 0 saturated carbocycles. The highest BCUT2D eigenvalue weighted by Gasteiger charge is 2.22. The third-order valence-corrected chi connectivity index (χ3v) is 24.7. The molecule has 684 valence electrons. The molecule has 0 unspecified atom stereocenters. The predicted molar refractivity (Wildman–Crippen MR) is 586 cm³/mol. The number of hydrogen-bond acceptors (Lipinski definition) is 12. The Morgan fingerprint density at radius 1 is 0.129 bits per heavy atom. The predicted octanol–water partition coefficient (Wildman–Crippen LogP) is 33.8. The summed E-state index contributed by atoms with van der Waals surface area (Å²) in [6, 6.07) is 147. The maximum Gasteiger partial charge on any atom is 0.132 e. The van der Waals surface area contributed by atoms with Gasteiger partial charge in [-0.15, -0.1) is 0 Å². The van der Waals surface area contributed by atoms with Gasteiger partial charge in [-0.1, -0.05) is 459 Å². The molecule has 0 bridgehead atoms. The van der Waals surface area contributed by atoms with Gasteiger partial charge in [0.05, 0.1) is 67.3 Å². The van der Waals surface area contributed by atoms with Crippen LogP contribution < -0.4 is 0 Å². The zero-order valence-electron chi connectivity index (χ0n) is 81.2. The molecule has 0 aliphatic heterocycles. The SMILES string of the molecule is CC(C)c1nc(-c2ccc(-c3ccccc3)cc2)c2ccccc2n1.CC(C)c1nc(-c2ccc3ccccc3c2)c2ccccc2n1.CC(C)c1nc(-c2cccc(-c3ccccc3)c2)c2ccccc2n1.CC(C)c1nc(-c2cccc3ccccc23)c2ccccc2n1.CC(C)c1nc(-c2ccccc2)c2ccccc2n1.CC(C)c1nc(-c2ccccc2-c2ccccc2)c2ccccc2n1. The van der Waals surface area contributed by atoms with Gasteiger partial charge >= 0.3 is 0 Å². The second kappa shape index (κ2) is 43.5. The van der Waals surface area contributed by atoms with E-state index in [4.69, 9.17) is 54.8 Å². The standard InChI is InChI=1S/3C23H20N2.2C21H18N2.C17H16N2/c1-16(2)23-24-21-15-9-8-14-20(21)22(25-23)19-13-7-6-12-18(19)17-10-4-3-5-11-17;1-16(2)23-24-21-14-7-6-13-20(21)22(25-23)19-12-8-11-18(15-19)17-9-4-3-5-10-17;1-16(2)23-24-21-11-7-6-10-20(21)22(25-23)19-14-12-18(13-15-19)17-8-4-3-5-9-17;1-14(2)21-22-19-13-6-5-11-18(19)20(23-21)17-12-7-9-15-8-3-4-10-16(15)17;1-14(2)21-22-19-10-6-5-9-18(19)20(23-21)17-12-11-15-7-3-4-8-16(15)13-17;1-12(2)17-18-15-11-7-6-10-14(15)16(19-17)13-8-4-3-5-9-13/h3*3-16H,1-2H3;2*3-14H,1-2H3;3-12H,1-2H3. The van der Waals surface area contributed by atoms with Crippen molar-refractivity contribution >= 4 is 87.0 Å². The van der Waals surface area contributed by atoms with E-state index in [1.165, 1.54) is 60.5 Å². The number of aromatic nitrogens is 12. The van der Waals surface area contributed by atoms with Crippen LogP contribution in [0.4, 0.5) is 0 Å². The number of rotatable bonds is 15. The van der Waals surface area contributed by atoms with E-state index in [0.29, 0.717) is 29.6 Å². The van der Waals surface area contributed by atoms with Gasteiger partial charge in [0.15, 0.2) is 0 Å². The van der Waals surface area contributed by atoms with Crippen molar-refractivity contribution in [3.63, 3.8) is 0 Å². The van der Waals surface area contributed by atoms with Crippen LogP contribution in [0.3, 0.4) is 0 Å². The summed E-state index contributed by atoms with van der Waals surface area (Å²) in [5.41, 5.74) is 26.2. The Kier molecular flexibility index (Phi) is 29.1. The molecular weight excluding hydrogens is 1710 g/mol. The lowest BCUT2D eigenvalue weighted by atomic mass is 9.95. The highest BCUT2D eigenvalue weighted by atomic mass is 14.9. The van der Waals surface area contributed by atoms with Crippen molar-refractivity contribution in [2.75, 3.05) is 0 Å². The summed E-state index contributed by atoms with van der Waals surface area (Å²) < 4.78 is 0. The fourth-order valence-electron chi connectivity index (χ4n) is 17.3. The van der Waals surface area contributed by atoms with Crippen molar-refractivity contribution in [1.29, 1.82) is 0 Å². The average molecular weight is 1820 g/mol. The van der Waals surface area contributed by atoms with E-state index >= 15 is 0 Å². The van der Waals surface area contributed by atoms with Gasteiger partial charge in [-0.2, -0.15) is 0 Å². The van der Waals surface area contributed by atoms with Crippen LogP contribution in [0.15, 0.2) is 425 Å². The van der Waals surface area contributed by atoms with E-state index in [2.05, 4.69) is 416 Å². The summed E-state index contributed by atoms with van der Waals surface area (Å²) >= 11 is 0. The first kappa shape index (κ1) is 93.7. The zero-order valence-corrected chi connectivity index (χ0v) is 81.2. The Morgan fingerprint density at radius 2 is 0.357 bits per heavy atom. The third-order valence-electron chi connectivity index (χ3n) is 24.7. The normalized spacial score (nSPS) is 11.2. The molecule has 140 heavy (non-hydrogen) atoms. The van der Waals surface area contributed by atoms with Crippen LogP contribution in [-0.4, -0.2) is 59.8 Å². The average Bonchev–Trinajstić information content (AvgIpc) is 0.771. The first-order chi connectivity index (χ1) is 68.4. The Hall–Kier alpha value is -16.7. The molecule has 6 aromatic heterocycles. The Bertz CT molecular complexity index is 8240. The molecule has 0 atom stereocenters. The van der Waals surface area contributed by atoms with Crippen LogP contribution in [-0.2, 0) is 0 Å². The van der Waals surface area contributed by atoms with Crippen LogP contribution in [0.5, 0.6) is 0 Å². The molecule has 23 rings (SSSR count). The van der Waals surface area contributed by atoms with Gasteiger partial charge in [0.1, 0.15) is 34.9 Å². The van der Waals surface area contributed by atoms with Crippen molar-refractivity contribution < 1.29 is 0 Å². The third kappa shape index (κ3) is 21.6. The molecule has 0 fully saturated rings. The van der Waals surface area contributed by atoms with Crippen molar-refractivity contribution in [3.8, 4) is 101 Å². The van der Waals surface area contributed by atoms with E-state index in [9.17, 15) is 0 Å². The maximum atomic E-state index is 4.95. The summed E-state index contributed by atoms with van der Waals surface area (Å²) in [7, 11) is 0. The molecule has 17 aromatic carbocycles. The second-order valence-corrected chi connectivity index (χ2v) is 36.9. The summed E-state index contributed by atoms with van der Waals surface area (Å²) in [6.07, 6.45) is 0. The molecule has 0 amide bonds. The first-order valence-corrected chi connectivity index (χ1v) is 48.5. The van der Waals surface area contributed by atoms with Crippen molar-refractivity contribution in [1.82, 2.24) is 59.8 Å². The van der Waals surface area contributed by atoms with E-state index in [1.54, 1.807) is 0 Å². The minimum absolute atomic E-state index is 0.284. The number of nitrogens with zero attached hydrogens (tertiary/aromatic N) is 12. The molecule has 0 aliphatic carbocycles. The molecule has 0 spiro atoms. The fraction of sp³-hybridized carbons (Fsp3) is 0.141. The molecule has 0 saturated heterocycles. The van der Waals surface area contributed by atoms with Crippen LogP contribution in [0.2, 0.25) is 0 Å². The number of benzene rings is 17. The van der Waals surface area contributed by atoms with Crippen molar-refractivity contribution in [2.24, 2.45) is 0 Å². The summed E-state index contributed by atoms with van der Waals surface area (Å²) in [5.74, 6) is 7.16. The highest BCUT2D eigenvalue weighted by Crippen LogP contribution is 2.40. The van der Waals surface area contributed by atoms with E-state index < -0.39 is 0 Å². The monoisotopic (exact) mass is 1820 g/mol. The Balaban J connectivity index is 0.000000111. The van der Waals surface area contributed by atoms with E-state index in [1.807, 2.05) is 97.1 Å². The van der Waals surface area contributed by atoms with Crippen LogP contribution in [0.1, 0.15) is 154 Å². The lowest BCUT2D eigenvalue weighted by Crippen LogP contribution is -2.01. The van der Waals surface area contributed by atoms with Gasteiger partial charge in [-0.3, -0.25) is 0 Å². The first-order valence-electron chi connectivity index (χ1n) is 48.5. The minimum atomic E-state index is 0.284. The largest absolute Gasteiger partial charge is 0.233 e. The van der Waals surface area contributed by atoms with Gasteiger partial charge in [0, 0.05) is 101 Å². The minimum Gasteiger partial charge on any atom is -0.233 e. The van der Waals surface area contributed by atoms with Gasteiger partial charge in [-0.25, -0.2) is 59.8 Å². The van der Waals surface area contributed by atoms with Gasteiger partial charge in [0.2, 0.25) is 0 Å². The number of para-hydroxylation sites is 6. The molecular formula is C128H112N12. The maximum absolute atomic E-state index is 4.95. The summed E-state index contributed by atoms with van der Waals surface area (Å²) in [5, 5.41) is 11.6. The summed E-state index contributed by atoms with van der Waals surface area (Å²) in [4.78, 5) is 57.5. The smallest absolute Gasteiger partial charge is 0.132 e. The lowest BCUT2D eigenvalue weighted by Gasteiger charge is -2.14. The number of hydrogen-bond donors (Lipinski definition) is 0. The van der Waals surface area contributed by atoms with E-state index in [-0.39, 0.29) is 5.92 Å². The molecule has 0 N–H and O–H groups in total. The molecule has 12 nitrogen and oxygen atoms in total. The molecule has 0 aliphatic rings. The van der Waals surface area contributed by atoms with Crippen molar-refractivity contribution in [3.05, 3.63) is 460 Å². The Morgan fingerprint density at radius 3 is 0.757 bits per heavy atom. The van der Waals surface area contributed by atoms with Gasteiger partial charge in [-0.05, 0) is 103 Å². The van der Waals surface area contributed by atoms with Crippen LogP contribution in [0, 0.1) is 0 Å². The van der Waals surface area contributed by atoms with Crippen LogP contribution in [0.25, 0.3) is 188 Å². The second-order valence-electron chi connectivity index (χ2n) is 36.9. The topological polar surface area (TPSA) is 155 Å². The van der Waals surface area contributed by atoms with E-state index in [0.717, 1.165) is 162 Å². The van der Waals surface area contributed by atoms with Gasteiger partial charge in [0.25, 0.3) is 0 Å². The summed E-state index contributed by atoms with van der Waals surface area (Å²) in [6.45, 7) is 25.6. The van der Waals surface area contributed by atoms with Crippen molar-refractivity contribution in [2.45, 2.75) is 119 Å². The van der Waals surface area contributed by atoms with Crippen LogP contribution >= 0.6 is 0 Å². The molecule has 6 heterocycles. The Labute approximate surface area is 820 Å². The molecule has 23 aromatic rings.